The topological polar surface area (TPSA) is 42.5 Å². The summed E-state index contributed by atoms with van der Waals surface area (Å²) in [5.41, 5.74) is 1.14. The predicted octanol–water partition coefficient (Wildman–Crippen LogP) is 3.24. The third-order valence-electron chi connectivity index (χ3n) is 2.75. The SMILES string of the molecule is c1ccc(/N=c2/snc3sc4ccccc4n23)nc1. The lowest BCUT2D eigenvalue weighted by molar-refractivity contribution is 1.13. The molecular formula is C13H8N4S2. The van der Waals surface area contributed by atoms with Gasteiger partial charge in [-0.3, -0.25) is 4.40 Å². The number of para-hydroxylation sites is 1. The van der Waals surface area contributed by atoms with Crippen molar-refractivity contribution in [2.45, 2.75) is 0 Å². The Balaban J connectivity index is 2.08. The fourth-order valence-electron chi connectivity index (χ4n) is 1.93. The van der Waals surface area contributed by atoms with Gasteiger partial charge in [-0.15, -0.1) is 0 Å². The van der Waals surface area contributed by atoms with E-state index in [0.717, 1.165) is 15.3 Å². The number of hydrogen-bond donors (Lipinski definition) is 0. The molecule has 0 amide bonds. The third kappa shape index (κ3) is 1.76. The van der Waals surface area contributed by atoms with Crippen molar-refractivity contribution in [1.29, 1.82) is 0 Å². The van der Waals surface area contributed by atoms with E-state index in [1.165, 1.54) is 16.2 Å². The normalized spacial score (nSPS) is 12.5. The van der Waals surface area contributed by atoms with Crippen LogP contribution in [-0.2, 0) is 0 Å². The molecule has 0 aliphatic rings. The summed E-state index contributed by atoms with van der Waals surface area (Å²) in [5.74, 6) is 0.704. The first-order valence-electron chi connectivity index (χ1n) is 5.73. The Morgan fingerprint density at radius 3 is 2.84 bits per heavy atom. The van der Waals surface area contributed by atoms with Crippen molar-refractivity contribution in [3.63, 3.8) is 0 Å². The Bertz CT molecular complexity index is 918. The Labute approximate surface area is 116 Å². The second kappa shape index (κ2) is 4.25. The number of benzene rings is 1. The van der Waals surface area contributed by atoms with Crippen molar-refractivity contribution in [2.75, 3.05) is 0 Å². The van der Waals surface area contributed by atoms with E-state index < -0.39 is 0 Å². The lowest BCUT2D eigenvalue weighted by atomic mass is 10.3. The maximum atomic E-state index is 4.57. The highest BCUT2D eigenvalue weighted by Crippen LogP contribution is 2.24. The summed E-state index contributed by atoms with van der Waals surface area (Å²) in [7, 11) is 0. The standard InChI is InChI=1S/C13H8N4S2/c1-2-6-10-9(5-1)17-12(19-16-13(17)18-10)15-11-7-3-4-8-14-11/h1-8H/b15-12+. The first-order chi connectivity index (χ1) is 9.42. The number of pyridine rings is 1. The van der Waals surface area contributed by atoms with Crippen molar-refractivity contribution >= 4 is 43.9 Å². The van der Waals surface area contributed by atoms with Crippen molar-refractivity contribution in [2.24, 2.45) is 4.99 Å². The zero-order valence-corrected chi connectivity index (χ0v) is 11.4. The monoisotopic (exact) mass is 284 g/mol. The Kier molecular flexibility index (Phi) is 2.43. The van der Waals surface area contributed by atoms with Gasteiger partial charge in [-0.05, 0) is 24.3 Å². The molecule has 6 heteroatoms. The maximum Gasteiger partial charge on any atom is 0.216 e. The minimum atomic E-state index is 0.704. The summed E-state index contributed by atoms with van der Waals surface area (Å²) >= 11 is 3.07. The maximum absolute atomic E-state index is 4.57. The summed E-state index contributed by atoms with van der Waals surface area (Å²) in [6.45, 7) is 0. The zero-order valence-electron chi connectivity index (χ0n) is 9.72. The van der Waals surface area contributed by atoms with Crippen LogP contribution in [-0.4, -0.2) is 13.8 Å². The van der Waals surface area contributed by atoms with Gasteiger partial charge in [0.05, 0.1) is 10.2 Å². The van der Waals surface area contributed by atoms with Gasteiger partial charge in [0, 0.05) is 17.7 Å². The molecule has 4 nitrogen and oxygen atoms in total. The number of rotatable bonds is 1. The van der Waals surface area contributed by atoms with Crippen LogP contribution in [0.25, 0.3) is 15.2 Å². The van der Waals surface area contributed by atoms with Gasteiger partial charge in [-0.2, -0.15) is 9.37 Å². The van der Waals surface area contributed by atoms with Crippen LogP contribution in [0.2, 0.25) is 0 Å². The van der Waals surface area contributed by atoms with Crippen molar-refractivity contribution < 1.29 is 0 Å². The average molecular weight is 284 g/mol. The molecular weight excluding hydrogens is 276 g/mol. The van der Waals surface area contributed by atoms with E-state index in [9.17, 15) is 0 Å². The van der Waals surface area contributed by atoms with Crippen LogP contribution < -0.4 is 4.80 Å². The highest BCUT2D eigenvalue weighted by molar-refractivity contribution is 7.24. The van der Waals surface area contributed by atoms with Gasteiger partial charge >= 0.3 is 0 Å². The van der Waals surface area contributed by atoms with Crippen molar-refractivity contribution in [3.8, 4) is 0 Å². The highest BCUT2D eigenvalue weighted by atomic mass is 32.1. The summed E-state index contributed by atoms with van der Waals surface area (Å²) in [4.78, 5) is 10.6. The highest BCUT2D eigenvalue weighted by Gasteiger charge is 2.07. The number of thiazole rings is 1. The molecule has 3 heterocycles. The minimum Gasteiger partial charge on any atom is -0.258 e. The second-order valence-electron chi connectivity index (χ2n) is 3.95. The van der Waals surface area contributed by atoms with E-state index >= 15 is 0 Å². The number of fused-ring (bicyclic) bond motifs is 3. The summed E-state index contributed by atoms with van der Waals surface area (Å²) in [6.07, 6.45) is 1.74. The fraction of sp³-hybridized carbons (Fsp3) is 0. The quantitative estimate of drug-likeness (QED) is 0.538. The van der Waals surface area contributed by atoms with E-state index in [-0.39, 0.29) is 0 Å². The van der Waals surface area contributed by atoms with Crippen LogP contribution >= 0.6 is 22.9 Å². The van der Waals surface area contributed by atoms with E-state index in [1.54, 1.807) is 17.5 Å². The molecule has 0 atom stereocenters. The Morgan fingerprint density at radius 1 is 1.05 bits per heavy atom. The lowest BCUT2D eigenvalue weighted by Crippen LogP contribution is -2.04. The van der Waals surface area contributed by atoms with Crippen LogP contribution in [0, 0.1) is 0 Å². The molecule has 0 unspecified atom stereocenters. The van der Waals surface area contributed by atoms with E-state index in [0.29, 0.717) is 5.82 Å². The first kappa shape index (κ1) is 10.8. The summed E-state index contributed by atoms with van der Waals surface area (Å²) < 4.78 is 7.75. The number of hydrogen-bond acceptors (Lipinski definition) is 5. The number of aromatic nitrogens is 3. The number of nitrogens with zero attached hydrogens (tertiary/aromatic N) is 4. The second-order valence-corrected chi connectivity index (χ2v) is 5.69. The predicted molar refractivity (Wildman–Crippen MR) is 77.9 cm³/mol. The molecule has 0 spiro atoms. The lowest BCUT2D eigenvalue weighted by Gasteiger charge is -1.91. The van der Waals surface area contributed by atoms with Gasteiger partial charge in [0.15, 0.2) is 5.82 Å². The van der Waals surface area contributed by atoms with Crippen LogP contribution in [0.3, 0.4) is 0 Å². The minimum absolute atomic E-state index is 0.704. The van der Waals surface area contributed by atoms with Crippen molar-refractivity contribution in [3.05, 3.63) is 53.5 Å². The molecule has 0 aliphatic heterocycles. The average Bonchev–Trinajstić information content (AvgIpc) is 3.00. The molecule has 4 rings (SSSR count). The van der Waals surface area contributed by atoms with Crippen LogP contribution in [0.1, 0.15) is 0 Å². The molecule has 4 aromatic rings. The fourth-order valence-corrected chi connectivity index (χ4v) is 3.77. The molecule has 3 aromatic heterocycles. The molecule has 0 bridgehead atoms. The third-order valence-corrected chi connectivity index (χ3v) is 4.59. The van der Waals surface area contributed by atoms with Gasteiger partial charge in [-0.1, -0.05) is 29.5 Å². The van der Waals surface area contributed by atoms with Crippen molar-refractivity contribution in [1.82, 2.24) is 13.8 Å². The van der Waals surface area contributed by atoms with Gasteiger partial charge < -0.3 is 0 Å². The Hall–Kier alpha value is -2.05. The van der Waals surface area contributed by atoms with E-state index in [4.69, 9.17) is 0 Å². The molecule has 1 aromatic carbocycles. The molecule has 19 heavy (non-hydrogen) atoms. The largest absolute Gasteiger partial charge is 0.258 e. The summed E-state index contributed by atoms with van der Waals surface area (Å²) in [5, 5.41) is 0. The summed E-state index contributed by atoms with van der Waals surface area (Å²) in [6, 6.07) is 14.0. The van der Waals surface area contributed by atoms with E-state index in [1.807, 2.05) is 30.3 Å². The zero-order chi connectivity index (χ0) is 12.7. The molecule has 0 aliphatic carbocycles. The van der Waals surface area contributed by atoms with Gasteiger partial charge in [-0.25, -0.2) is 4.98 Å². The molecule has 0 N–H and O–H groups in total. The molecule has 92 valence electrons. The van der Waals surface area contributed by atoms with Crippen LogP contribution in [0.5, 0.6) is 0 Å². The molecule has 0 saturated carbocycles. The van der Waals surface area contributed by atoms with Crippen LogP contribution in [0.15, 0.2) is 53.7 Å². The van der Waals surface area contributed by atoms with Gasteiger partial charge in [0.25, 0.3) is 0 Å². The molecule has 0 fully saturated rings. The molecule has 0 saturated heterocycles. The first-order valence-corrected chi connectivity index (χ1v) is 7.32. The smallest absolute Gasteiger partial charge is 0.216 e. The van der Waals surface area contributed by atoms with Crippen LogP contribution in [0.4, 0.5) is 5.82 Å². The molecule has 0 radical (unpaired) electrons. The van der Waals surface area contributed by atoms with Gasteiger partial charge in [0.1, 0.15) is 0 Å². The van der Waals surface area contributed by atoms with Gasteiger partial charge in [0.2, 0.25) is 9.76 Å². The van der Waals surface area contributed by atoms with E-state index in [2.05, 4.69) is 30.9 Å². The Morgan fingerprint density at radius 2 is 1.95 bits per heavy atom.